The summed E-state index contributed by atoms with van der Waals surface area (Å²) in [6.45, 7) is 2.85. The fourth-order valence-corrected chi connectivity index (χ4v) is 2.97. The van der Waals surface area contributed by atoms with Crippen molar-refractivity contribution in [2.75, 3.05) is 24.0 Å². The number of hydrogen-bond donors (Lipinski definition) is 1. The van der Waals surface area contributed by atoms with Crippen LogP contribution in [0.5, 0.6) is 0 Å². The molecule has 0 aliphatic rings. The molecule has 1 rings (SSSR count). The Morgan fingerprint density at radius 2 is 2.18 bits per heavy atom. The van der Waals surface area contributed by atoms with E-state index < -0.39 is 0 Å². The molecule has 0 spiro atoms. The zero-order valence-corrected chi connectivity index (χ0v) is 13.1. The van der Waals surface area contributed by atoms with E-state index in [0.29, 0.717) is 12.6 Å². The second-order valence-corrected chi connectivity index (χ2v) is 6.07. The third kappa shape index (κ3) is 4.19. The van der Waals surface area contributed by atoms with Crippen molar-refractivity contribution in [3.63, 3.8) is 0 Å². The van der Waals surface area contributed by atoms with Gasteiger partial charge in [-0.15, -0.1) is 0 Å². The molecule has 1 aromatic rings. The van der Waals surface area contributed by atoms with Crippen LogP contribution in [0.15, 0.2) is 22.7 Å². The molecule has 0 heterocycles. The van der Waals surface area contributed by atoms with Gasteiger partial charge in [-0.3, -0.25) is 0 Å². The maximum Gasteiger partial charge on any atom is 0.0510 e. The van der Waals surface area contributed by atoms with Gasteiger partial charge in [-0.05, 0) is 59.0 Å². The highest BCUT2D eigenvalue weighted by atomic mass is 79.9. The average molecular weight is 317 g/mol. The Morgan fingerprint density at radius 3 is 2.71 bits per heavy atom. The Balaban J connectivity index is 2.77. The molecule has 2 nitrogen and oxygen atoms in total. The highest BCUT2D eigenvalue weighted by Gasteiger charge is 2.12. The first-order valence-corrected chi connectivity index (χ1v) is 7.99. The standard InChI is InChI=1S/C13H21BrN2S/c1-10(6-7-17-3)16(2)13-5-4-11(9-15)8-12(13)14/h4-5,8,10H,6-7,9,15H2,1-3H3. The number of benzene rings is 1. The van der Waals surface area contributed by atoms with Crippen LogP contribution < -0.4 is 10.6 Å². The lowest BCUT2D eigenvalue weighted by Gasteiger charge is -2.28. The zero-order chi connectivity index (χ0) is 12.8. The van der Waals surface area contributed by atoms with Crippen molar-refractivity contribution >= 4 is 33.4 Å². The van der Waals surface area contributed by atoms with Gasteiger partial charge >= 0.3 is 0 Å². The van der Waals surface area contributed by atoms with E-state index in [0.717, 1.165) is 10.0 Å². The zero-order valence-electron chi connectivity index (χ0n) is 10.7. The van der Waals surface area contributed by atoms with Crippen LogP contribution in [0, 0.1) is 0 Å². The lowest BCUT2D eigenvalue weighted by atomic mass is 10.1. The Bertz CT molecular complexity index is 357. The first-order valence-electron chi connectivity index (χ1n) is 5.80. The first kappa shape index (κ1) is 14.9. The van der Waals surface area contributed by atoms with Gasteiger partial charge in [0.15, 0.2) is 0 Å². The van der Waals surface area contributed by atoms with Crippen LogP contribution in [-0.2, 0) is 6.54 Å². The smallest absolute Gasteiger partial charge is 0.0510 e. The molecule has 1 atom stereocenters. The third-order valence-corrected chi connectivity index (χ3v) is 4.31. The molecule has 0 aliphatic heterocycles. The Morgan fingerprint density at radius 1 is 1.47 bits per heavy atom. The van der Waals surface area contributed by atoms with Gasteiger partial charge in [0, 0.05) is 24.1 Å². The monoisotopic (exact) mass is 316 g/mol. The summed E-state index contributed by atoms with van der Waals surface area (Å²) in [5.41, 5.74) is 8.02. The number of hydrogen-bond acceptors (Lipinski definition) is 3. The number of nitrogens with two attached hydrogens (primary N) is 1. The van der Waals surface area contributed by atoms with Crippen molar-refractivity contribution in [3.8, 4) is 0 Å². The van der Waals surface area contributed by atoms with Crippen LogP contribution in [0.1, 0.15) is 18.9 Å². The summed E-state index contributed by atoms with van der Waals surface area (Å²) < 4.78 is 1.12. The van der Waals surface area contributed by atoms with E-state index in [9.17, 15) is 0 Å². The molecule has 0 aromatic heterocycles. The fraction of sp³-hybridized carbons (Fsp3) is 0.538. The summed E-state index contributed by atoms with van der Waals surface area (Å²) in [6, 6.07) is 6.88. The Labute approximate surface area is 117 Å². The van der Waals surface area contributed by atoms with Crippen LogP contribution in [0.25, 0.3) is 0 Å². The lowest BCUT2D eigenvalue weighted by molar-refractivity contribution is 0.668. The minimum absolute atomic E-state index is 0.544. The van der Waals surface area contributed by atoms with E-state index in [4.69, 9.17) is 5.73 Å². The van der Waals surface area contributed by atoms with Crippen LogP contribution in [0.4, 0.5) is 5.69 Å². The predicted molar refractivity (Wildman–Crippen MR) is 82.9 cm³/mol. The largest absolute Gasteiger partial charge is 0.371 e. The number of halogens is 1. The summed E-state index contributed by atoms with van der Waals surface area (Å²) in [6.07, 6.45) is 3.35. The van der Waals surface area contributed by atoms with Crippen molar-refractivity contribution < 1.29 is 0 Å². The van der Waals surface area contributed by atoms with Crippen molar-refractivity contribution in [2.24, 2.45) is 5.73 Å². The number of nitrogens with zero attached hydrogens (tertiary/aromatic N) is 1. The summed E-state index contributed by atoms with van der Waals surface area (Å²) in [5, 5.41) is 0. The molecule has 0 saturated carbocycles. The quantitative estimate of drug-likeness (QED) is 0.871. The molecular formula is C13H21BrN2S. The number of thioether (sulfide) groups is 1. The molecule has 0 aliphatic carbocycles. The minimum atomic E-state index is 0.544. The molecule has 0 saturated heterocycles. The van der Waals surface area contributed by atoms with E-state index in [-0.39, 0.29) is 0 Å². The third-order valence-electron chi connectivity index (χ3n) is 3.03. The Kier molecular flexibility index (Phi) is 6.38. The lowest BCUT2D eigenvalue weighted by Crippen LogP contribution is -2.29. The van der Waals surface area contributed by atoms with E-state index in [1.54, 1.807) is 0 Å². The number of rotatable bonds is 6. The summed E-state index contributed by atoms with van der Waals surface area (Å²) >= 11 is 5.52. The average Bonchev–Trinajstić information content (AvgIpc) is 2.34. The van der Waals surface area contributed by atoms with Gasteiger partial charge in [-0.2, -0.15) is 11.8 Å². The van der Waals surface area contributed by atoms with Crippen molar-refractivity contribution in [3.05, 3.63) is 28.2 Å². The SMILES string of the molecule is CSCCC(C)N(C)c1ccc(CN)cc1Br. The first-order chi connectivity index (χ1) is 8.10. The molecule has 0 radical (unpaired) electrons. The minimum Gasteiger partial charge on any atom is -0.371 e. The van der Waals surface area contributed by atoms with Crippen molar-refractivity contribution in [1.82, 2.24) is 0 Å². The predicted octanol–water partition coefficient (Wildman–Crippen LogP) is 3.49. The van der Waals surface area contributed by atoms with Gasteiger partial charge < -0.3 is 10.6 Å². The second kappa shape index (κ2) is 7.29. The molecular weight excluding hydrogens is 296 g/mol. The highest BCUT2D eigenvalue weighted by molar-refractivity contribution is 9.10. The maximum absolute atomic E-state index is 5.63. The molecule has 1 aromatic carbocycles. The van der Waals surface area contributed by atoms with Crippen LogP contribution in [0.2, 0.25) is 0 Å². The van der Waals surface area contributed by atoms with E-state index in [1.165, 1.54) is 17.9 Å². The molecule has 0 amide bonds. The molecule has 2 N–H and O–H groups in total. The van der Waals surface area contributed by atoms with E-state index >= 15 is 0 Å². The normalized spacial score (nSPS) is 12.5. The van der Waals surface area contributed by atoms with Gasteiger partial charge in [0.05, 0.1) is 5.69 Å². The maximum atomic E-state index is 5.63. The van der Waals surface area contributed by atoms with Gasteiger partial charge in [-0.25, -0.2) is 0 Å². The van der Waals surface area contributed by atoms with Gasteiger partial charge in [-0.1, -0.05) is 6.07 Å². The Hall–Kier alpha value is -0.190. The van der Waals surface area contributed by atoms with Crippen LogP contribution in [0.3, 0.4) is 0 Å². The molecule has 0 bridgehead atoms. The number of anilines is 1. The second-order valence-electron chi connectivity index (χ2n) is 4.23. The van der Waals surface area contributed by atoms with Gasteiger partial charge in [0.2, 0.25) is 0 Å². The van der Waals surface area contributed by atoms with E-state index in [1.807, 2.05) is 11.8 Å². The van der Waals surface area contributed by atoms with Crippen LogP contribution >= 0.6 is 27.7 Å². The highest BCUT2D eigenvalue weighted by Crippen LogP contribution is 2.28. The molecule has 0 fully saturated rings. The summed E-state index contributed by atoms with van der Waals surface area (Å²) in [4.78, 5) is 2.32. The van der Waals surface area contributed by atoms with Gasteiger partial charge in [0.25, 0.3) is 0 Å². The molecule has 1 unspecified atom stereocenters. The molecule has 96 valence electrons. The molecule has 4 heteroatoms. The summed E-state index contributed by atoms with van der Waals surface area (Å²) in [5.74, 6) is 1.20. The van der Waals surface area contributed by atoms with Crippen molar-refractivity contribution in [1.29, 1.82) is 0 Å². The fourth-order valence-electron chi connectivity index (χ4n) is 1.68. The topological polar surface area (TPSA) is 29.3 Å². The van der Waals surface area contributed by atoms with Crippen molar-refractivity contribution in [2.45, 2.75) is 25.9 Å². The summed E-state index contributed by atoms with van der Waals surface area (Å²) in [7, 11) is 2.15. The molecule has 17 heavy (non-hydrogen) atoms. The van der Waals surface area contributed by atoms with E-state index in [2.05, 4.69) is 59.3 Å². The van der Waals surface area contributed by atoms with Gasteiger partial charge in [0.1, 0.15) is 0 Å². The van der Waals surface area contributed by atoms with Crippen LogP contribution in [-0.4, -0.2) is 25.1 Å².